The lowest BCUT2D eigenvalue weighted by atomic mass is 10.1. The molecule has 1 atom stereocenters. The molecule has 6 heteroatoms. The maximum Gasteiger partial charge on any atom is 0.306 e. The quantitative estimate of drug-likeness (QED) is 0.0200. The van der Waals surface area contributed by atoms with E-state index in [1.807, 2.05) is 0 Å². The highest BCUT2D eigenvalue weighted by atomic mass is 16.6. The van der Waals surface area contributed by atoms with Gasteiger partial charge in [-0.25, -0.2) is 0 Å². The predicted molar refractivity (Wildman–Crippen MR) is 256 cm³/mol. The van der Waals surface area contributed by atoms with Gasteiger partial charge in [0.15, 0.2) is 6.10 Å². The van der Waals surface area contributed by atoms with Crippen molar-refractivity contribution in [2.24, 2.45) is 0 Å². The minimum Gasteiger partial charge on any atom is -0.462 e. The van der Waals surface area contributed by atoms with Crippen molar-refractivity contribution in [3.8, 4) is 0 Å². The minimum absolute atomic E-state index is 0.0975. The molecule has 342 valence electrons. The number of ether oxygens (including phenoxy) is 3. The molecule has 0 aromatic rings. The number of esters is 3. The number of hydrogen-bond acceptors (Lipinski definition) is 6. The second-order valence-corrected chi connectivity index (χ2v) is 16.0. The lowest BCUT2D eigenvalue weighted by Crippen LogP contribution is -2.30. The summed E-state index contributed by atoms with van der Waals surface area (Å²) in [5, 5.41) is 0. The van der Waals surface area contributed by atoms with Crippen LogP contribution in [-0.2, 0) is 28.6 Å². The molecule has 0 fully saturated rings. The van der Waals surface area contributed by atoms with E-state index in [2.05, 4.69) is 106 Å². The second-order valence-electron chi connectivity index (χ2n) is 16.0. The van der Waals surface area contributed by atoms with Crippen molar-refractivity contribution in [1.82, 2.24) is 0 Å². The van der Waals surface area contributed by atoms with Gasteiger partial charge in [0.1, 0.15) is 13.2 Å². The fourth-order valence-electron chi connectivity index (χ4n) is 6.51. The molecule has 0 aliphatic carbocycles. The second kappa shape index (κ2) is 48.3. The lowest BCUT2D eigenvalue weighted by molar-refractivity contribution is -0.167. The Morgan fingerprint density at radius 3 is 1.23 bits per heavy atom. The predicted octanol–water partition coefficient (Wildman–Crippen LogP) is 16.0. The zero-order valence-electron chi connectivity index (χ0n) is 38.9. The first-order valence-corrected chi connectivity index (χ1v) is 24.6. The molecule has 0 radical (unpaired) electrons. The summed E-state index contributed by atoms with van der Waals surface area (Å²) in [7, 11) is 0. The zero-order valence-corrected chi connectivity index (χ0v) is 38.9. The van der Waals surface area contributed by atoms with Crippen LogP contribution < -0.4 is 0 Å². The number of unbranched alkanes of at least 4 members (excludes halogenated alkanes) is 20. The average Bonchev–Trinajstić information content (AvgIpc) is 3.24. The molecule has 0 aromatic carbocycles. The van der Waals surface area contributed by atoms with E-state index in [4.69, 9.17) is 14.2 Å². The minimum atomic E-state index is -0.798. The van der Waals surface area contributed by atoms with E-state index in [0.717, 1.165) is 122 Å². The van der Waals surface area contributed by atoms with Gasteiger partial charge in [-0.05, 0) is 96.3 Å². The number of carbonyl (C=O) groups excluding carboxylic acids is 3. The SMILES string of the molecule is CC\C=C/C=C\C=C/CCCCCCCC(=O)OC(COC(=O)CCCCC/C=C\CCCCCCCC)COC(=O)CCCCCCCC/C=C\C/C=C\C/C=C\CC. The summed E-state index contributed by atoms with van der Waals surface area (Å²) in [5.74, 6) is -0.950. The van der Waals surface area contributed by atoms with Crippen molar-refractivity contribution >= 4 is 17.9 Å². The summed E-state index contributed by atoms with van der Waals surface area (Å²) in [6.07, 6.45) is 61.3. The van der Waals surface area contributed by atoms with Gasteiger partial charge in [0.2, 0.25) is 0 Å². The first kappa shape index (κ1) is 56.6. The van der Waals surface area contributed by atoms with Crippen molar-refractivity contribution in [3.05, 3.63) is 85.1 Å². The van der Waals surface area contributed by atoms with E-state index in [1.54, 1.807) is 0 Å². The normalized spacial score (nSPS) is 12.8. The van der Waals surface area contributed by atoms with Gasteiger partial charge in [-0.1, -0.05) is 189 Å². The number of allylic oxidation sites excluding steroid dienone is 14. The van der Waals surface area contributed by atoms with Crippen molar-refractivity contribution in [2.75, 3.05) is 13.2 Å². The maximum atomic E-state index is 12.8. The molecule has 60 heavy (non-hydrogen) atoms. The third-order valence-electron chi connectivity index (χ3n) is 10.2. The van der Waals surface area contributed by atoms with Crippen LogP contribution in [0.5, 0.6) is 0 Å². The fraction of sp³-hybridized carbons (Fsp3) is 0.685. The van der Waals surface area contributed by atoms with Crippen molar-refractivity contribution < 1.29 is 28.6 Å². The Hall–Kier alpha value is -3.41. The highest BCUT2D eigenvalue weighted by Crippen LogP contribution is 2.13. The van der Waals surface area contributed by atoms with Crippen LogP contribution in [0.3, 0.4) is 0 Å². The molecule has 0 rings (SSSR count). The van der Waals surface area contributed by atoms with Crippen LogP contribution in [0.2, 0.25) is 0 Å². The molecule has 0 aliphatic rings. The van der Waals surface area contributed by atoms with Crippen LogP contribution >= 0.6 is 0 Å². The summed E-state index contributed by atoms with van der Waals surface area (Å²) >= 11 is 0. The van der Waals surface area contributed by atoms with Gasteiger partial charge in [-0.15, -0.1) is 0 Å². The standard InChI is InChI=1S/C54H90O6/c1-4-7-10-13-16-19-22-25-26-27-30-32-35-38-41-44-47-53(56)59-50-51(60-54(57)48-45-42-39-36-33-29-24-21-18-15-12-9-6-3)49-58-52(55)46-43-40-37-34-31-28-23-20-17-14-11-8-5-2/h7,9-10,12,15-16,18-19,21,24-26,28,31,51H,4-6,8,11,13-14,17,20,22-23,27,29-30,32-50H2,1-3H3/b10-7-,12-9-,18-15-,19-16-,24-21-,26-25-,31-28-. The third-order valence-corrected chi connectivity index (χ3v) is 10.2. The summed E-state index contributed by atoms with van der Waals surface area (Å²) in [6, 6.07) is 0. The Morgan fingerprint density at radius 2 is 0.733 bits per heavy atom. The number of carbonyl (C=O) groups is 3. The largest absolute Gasteiger partial charge is 0.462 e. The molecule has 0 saturated carbocycles. The van der Waals surface area contributed by atoms with E-state index in [0.29, 0.717) is 19.3 Å². The monoisotopic (exact) mass is 835 g/mol. The van der Waals surface area contributed by atoms with Crippen LogP contribution in [0.25, 0.3) is 0 Å². The summed E-state index contributed by atoms with van der Waals surface area (Å²) in [5.41, 5.74) is 0. The van der Waals surface area contributed by atoms with Gasteiger partial charge >= 0.3 is 17.9 Å². The number of hydrogen-bond donors (Lipinski definition) is 0. The van der Waals surface area contributed by atoms with E-state index >= 15 is 0 Å². The molecule has 0 saturated heterocycles. The number of rotatable bonds is 43. The van der Waals surface area contributed by atoms with E-state index < -0.39 is 6.10 Å². The van der Waals surface area contributed by atoms with Gasteiger partial charge in [0, 0.05) is 19.3 Å². The van der Waals surface area contributed by atoms with E-state index in [9.17, 15) is 14.4 Å². The Balaban J connectivity index is 4.45. The topological polar surface area (TPSA) is 78.9 Å². The molecule has 0 spiro atoms. The van der Waals surface area contributed by atoms with Crippen LogP contribution in [0.4, 0.5) is 0 Å². The third kappa shape index (κ3) is 45.7. The Labute approximate surface area is 369 Å². The Kier molecular flexibility index (Phi) is 45.5. The molecule has 0 N–H and O–H groups in total. The molecular weight excluding hydrogens is 745 g/mol. The van der Waals surface area contributed by atoms with Gasteiger partial charge < -0.3 is 14.2 Å². The maximum absolute atomic E-state index is 12.8. The van der Waals surface area contributed by atoms with Crippen LogP contribution in [-0.4, -0.2) is 37.2 Å². The Morgan fingerprint density at radius 1 is 0.367 bits per heavy atom. The molecular formula is C54H90O6. The van der Waals surface area contributed by atoms with Crippen molar-refractivity contribution in [2.45, 2.75) is 226 Å². The molecule has 0 aliphatic heterocycles. The lowest BCUT2D eigenvalue weighted by Gasteiger charge is -2.18. The van der Waals surface area contributed by atoms with Crippen molar-refractivity contribution in [1.29, 1.82) is 0 Å². The fourth-order valence-corrected chi connectivity index (χ4v) is 6.51. The first-order chi connectivity index (χ1) is 29.5. The first-order valence-electron chi connectivity index (χ1n) is 24.6. The van der Waals surface area contributed by atoms with Gasteiger partial charge in [-0.3, -0.25) is 14.4 Å². The molecule has 6 nitrogen and oxygen atoms in total. The molecule has 1 unspecified atom stereocenters. The van der Waals surface area contributed by atoms with E-state index in [1.165, 1.54) is 57.8 Å². The van der Waals surface area contributed by atoms with Gasteiger partial charge in [0.05, 0.1) is 0 Å². The molecule has 0 heterocycles. The molecule has 0 amide bonds. The highest BCUT2D eigenvalue weighted by Gasteiger charge is 2.19. The van der Waals surface area contributed by atoms with Crippen LogP contribution in [0.15, 0.2) is 85.1 Å². The zero-order chi connectivity index (χ0) is 43.7. The molecule has 0 aromatic heterocycles. The molecule has 0 bridgehead atoms. The van der Waals surface area contributed by atoms with Gasteiger partial charge in [0.25, 0.3) is 0 Å². The Bertz CT molecular complexity index is 1190. The van der Waals surface area contributed by atoms with Gasteiger partial charge in [-0.2, -0.15) is 0 Å². The summed E-state index contributed by atoms with van der Waals surface area (Å²) in [6.45, 7) is 6.33. The highest BCUT2D eigenvalue weighted by molar-refractivity contribution is 5.71. The van der Waals surface area contributed by atoms with Crippen molar-refractivity contribution in [3.63, 3.8) is 0 Å². The smallest absolute Gasteiger partial charge is 0.306 e. The average molecular weight is 835 g/mol. The summed E-state index contributed by atoms with van der Waals surface area (Å²) in [4.78, 5) is 37.9. The van der Waals surface area contributed by atoms with Crippen LogP contribution in [0.1, 0.15) is 220 Å². The van der Waals surface area contributed by atoms with Crippen LogP contribution in [0, 0.1) is 0 Å². The van der Waals surface area contributed by atoms with E-state index in [-0.39, 0.29) is 31.1 Å². The summed E-state index contributed by atoms with van der Waals surface area (Å²) < 4.78 is 16.7.